The molecule has 9 heteroatoms. The molecule has 0 bridgehead atoms. The molecule has 2 fully saturated rings. The van der Waals surface area contributed by atoms with Crippen molar-refractivity contribution < 1.29 is 9.47 Å². The van der Waals surface area contributed by atoms with E-state index < -0.39 is 0 Å². The lowest BCUT2D eigenvalue weighted by atomic mass is 10.1. The number of halogens is 1. The van der Waals surface area contributed by atoms with Gasteiger partial charge in [-0.2, -0.15) is 5.10 Å². The molecule has 2 aliphatic rings. The van der Waals surface area contributed by atoms with Crippen molar-refractivity contribution >= 4 is 28.5 Å². The van der Waals surface area contributed by atoms with Gasteiger partial charge in [0.2, 0.25) is 5.95 Å². The molecule has 0 aliphatic carbocycles. The Bertz CT molecular complexity index is 1010. The molecule has 4 heterocycles. The van der Waals surface area contributed by atoms with E-state index in [9.17, 15) is 0 Å². The quantitative estimate of drug-likeness (QED) is 0.577. The highest BCUT2D eigenvalue weighted by molar-refractivity contribution is 6.29. The van der Waals surface area contributed by atoms with E-state index in [1.807, 2.05) is 12.3 Å². The zero-order chi connectivity index (χ0) is 20.3. The van der Waals surface area contributed by atoms with Gasteiger partial charge in [-0.3, -0.25) is 9.58 Å². The van der Waals surface area contributed by atoms with Gasteiger partial charge in [-0.1, -0.05) is 17.7 Å². The zero-order valence-electron chi connectivity index (χ0n) is 16.8. The van der Waals surface area contributed by atoms with Crippen LogP contribution in [-0.2, 0) is 16.0 Å². The molecule has 3 aromatic rings. The summed E-state index contributed by atoms with van der Waals surface area (Å²) in [5, 5.41) is 6.14. The first-order valence-electron chi connectivity index (χ1n) is 10.4. The summed E-state index contributed by atoms with van der Waals surface area (Å²) in [7, 11) is 0. The summed E-state index contributed by atoms with van der Waals surface area (Å²) in [5.74, 6) is 0.655. The predicted molar refractivity (Wildman–Crippen MR) is 116 cm³/mol. The van der Waals surface area contributed by atoms with Crippen molar-refractivity contribution in [2.24, 2.45) is 0 Å². The highest BCUT2D eigenvalue weighted by Crippen LogP contribution is 2.26. The van der Waals surface area contributed by atoms with Crippen LogP contribution in [0.15, 0.2) is 30.5 Å². The number of anilines is 1. The molecule has 0 unspecified atom stereocenters. The van der Waals surface area contributed by atoms with Crippen LogP contribution in [0.25, 0.3) is 22.2 Å². The van der Waals surface area contributed by atoms with Crippen molar-refractivity contribution in [3.63, 3.8) is 0 Å². The van der Waals surface area contributed by atoms with Crippen molar-refractivity contribution in [3.8, 4) is 11.3 Å². The fourth-order valence-electron chi connectivity index (χ4n) is 3.94. The highest BCUT2D eigenvalue weighted by Gasteiger charge is 2.17. The molecule has 0 atom stereocenters. The van der Waals surface area contributed by atoms with Crippen LogP contribution >= 0.6 is 11.6 Å². The fourth-order valence-corrected chi connectivity index (χ4v) is 4.12. The minimum Gasteiger partial charge on any atom is -0.379 e. The summed E-state index contributed by atoms with van der Waals surface area (Å²) in [6.07, 6.45) is 1.92. The van der Waals surface area contributed by atoms with Crippen LogP contribution in [0.1, 0.15) is 0 Å². The first-order valence-corrected chi connectivity index (χ1v) is 10.8. The first kappa shape index (κ1) is 19.7. The van der Waals surface area contributed by atoms with Crippen LogP contribution in [0.5, 0.6) is 0 Å². The molecule has 5 rings (SSSR count). The molecular weight excluding hydrogens is 404 g/mol. The molecule has 2 saturated heterocycles. The maximum absolute atomic E-state index is 6.32. The van der Waals surface area contributed by atoms with Gasteiger partial charge in [-0.05, 0) is 12.1 Å². The van der Waals surface area contributed by atoms with E-state index in [4.69, 9.17) is 26.1 Å². The summed E-state index contributed by atoms with van der Waals surface area (Å²) in [4.78, 5) is 13.7. The third kappa shape index (κ3) is 4.27. The fraction of sp³-hybridized carbons (Fsp3) is 0.476. The number of aromatic nitrogens is 4. The predicted octanol–water partition coefficient (Wildman–Crippen LogP) is 2.32. The van der Waals surface area contributed by atoms with Crippen molar-refractivity contribution in [2.45, 2.75) is 6.54 Å². The molecule has 2 aliphatic heterocycles. The van der Waals surface area contributed by atoms with E-state index in [2.05, 4.69) is 42.8 Å². The molecule has 0 saturated carbocycles. The summed E-state index contributed by atoms with van der Waals surface area (Å²) < 4.78 is 12.9. The third-order valence-electron chi connectivity index (χ3n) is 5.65. The van der Waals surface area contributed by atoms with Crippen molar-refractivity contribution in [2.75, 3.05) is 64.1 Å². The molecule has 0 radical (unpaired) electrons. The molecule has 0 spiro atoms. The maximum atomic E-state index is 6.32. The lowest BCUT2D eigenvalue weighted by Gasteiger charge is -2.27. The number of rotatable bonds is 5. The van der Waals surface area contributed by atoms with Gasteiger partial charge in [0.05, 0.1) is 50.4 Å². The van der Waals surface area contributed by atoms with Crippen LogP contribution in [0, 0.1) is 0 Å². The van der Waals surface area contributed by atoms with E-state index in [0.717, 1.165) is 74.6 Å². The average molecular weight is 429 g/mol. The Hall–Kier alpha value is -2.26. The van der Waals surface area contributed by atoms with Crippen LogP contribution in [0.2, 0.25) is 5.15 Å². The van der Waals surface area contributed by atoms with Gasteiger partial charge < -0.3 is 14.4 Å². The van der Waals surface area contributed by atoms with E-state index in [1.165, 1.54) is 0 Å². The Balaban J connectivity index is 1.37. The molecule has 2 aromatic heterocycles. The van der Waals surface area contributed by atoms with Crippen molar-refractivity contribution in [1.29, 1.82) is 0 Å². The van der Waals surface area contributed by atoms with E-state index >= 15 is 0 Å². The lowest BCUT2D eigenvalue weighted by Crippen LogP contribution is -2.38. The Morgan fingerprint density at radius 2 is 1.67 bits per heavy atom. The van der Waals surface area contributed by atoms with Gasteiger partial charge >= 0.3 is 0 Å². The minimum atomic E-state index is 0.447. The Labute approximate surface area is 180 Å². The second kappa shape index (κ2) is 8.85. The molecule has 0 amide bonds. The summed E-state index contributed by atoms with van der Waals surface area (Å²) >= 11 is 6.32. The Kier molecular flexibility index (Phi) is 5.81. The Morgan fingerprint density at radius 3 is 2.47 bits per heavy atom. The third-order valence-corrected chi connectivity index (χ3v) is 5.84. The Morgan fingerprint density at radius 1 is 0.900 bits per heavy atom. The molecule has 0 N–H and O–H groups in total. The summed E-state index contributed by atoms with van der Waals surface area (Å²) in [6.45, 7) is 8.36. The van der Waals surface area contributed by atoms with Gasteiger partial charge in [-0.15, -0.1) is 0 Å². The number of hydrogen-bond acceptors (Lipinski definition) is 7. The number of hydrogen-bond donors (Lipinski definition) is 0. The van der Waals surface area contributed by atoms with E-state index in [1.54, 1.807) is 0 Å². The van der Waals surface area contributed by atoms with Crippen molar-refractivity contribution in [3.05, 3.63) is 35.6 Å². The van der Waals surface area contributed by atoms with Gasteiger partial charge in [0.25, 0.3) is 0 Å². The number of fused-ring (bicyclic) bond motifs is 1. The smallest absolute Gasteiger partial charge is 0.227 e. The topological polar surface area (TPSA) is 68.5 Å². The van der Waals surface area contributed by atoms with Crippen LogP contribution in [0.4, 0.5) is 5.95 Å². The highest BCUT2D eigenvalue weighted by atomic mass is 35.5. The summed E-state index contributed by atoms with van der Waals surface area (Å²) in [5.41, 5.74) is 2.95. The average Bonchev–Trinajstić information content (AvgIpc) is 3.21. The van der Waals surface area contributed by atoms with Gasteiger partial charge in [0, 0.05) is 49.7 Å². The normalized spacial score (nSPS) is 18.2. The molecule has 8 nitrogen and oxygen atoms in total. The van der Waals surface area contributed by atoms with Gasteiger partial charge in [0.15, 0.2) is 0 Å². The summed E-state index contributed by atoms with van der Waals surface area (Å²) in [6, 6.07) is 8.13. The van der Waals surface area contributed by atoms with E-state index in [0.29, 0.717) is 24.3 Å². The van der Waals surface area contributed by atoms with Gasteiger partial charge in [0.1, 0.15) is 5.15 Å². The first-order chi connectivity index (χ1) is 14.8. The monoisotopic (exact) mass is 428 g/mol. The maximum Gasteiger partial charge on any atom is 0.227 e. The molecular formula is C21H25ClN6O2. The SMILES string of the molecule is Clc1cc(-c2ccc3c(cnn3CCN3CCOCC3)c2)nc(N2CCOCC2)n1. The second-order valence-corrected chi connectivity index (χ2v) is 7.96. The molecule has 1 aromatic carbocycles. The minimum absolute atomic E-state index is 0.447. The van der Waals surface area contributed by atoms with Crippen LogP contribution < -0.4 is 4.90 Å². The standard InChI is InChI=1S/C21H25ClN6O2/c22-20-14-18(24-21(25-20)27-7-11-30-12-8-27)16-1-2-19-17(13-16)15-23-28(19)4-3-26-5-9-29-10-6-26/h1-2,13-15H,3-12H2. The lowest BCUT2D eigenvalue weighted by molar-refractivity contribution is 0.0361. The number of benzene rings is 1. The van der Waals surface area contributed by atoms with Crippen LogP contribution in [0.3, 0.4) is 0 Å². The molecule has 158 valence electrons. The van der Waals surface area contributed by atoms with Crippen molar-refractivity contribution in [1.82, 2.24) is 24.6 Å². The van der Waals surface area contributed by atoms with Crippen LogP contribution in [-0.4, -0.2) is 83.8 Å². The number of morpholine rings is 2. The second-order valence-electron chi connectivity index (χ2n) is 7.57. The largest absolute Gasteiger partial charge is 0.379 e. The molecule has 30 heavy (non-hydrogen) atoms. The zero-order valence-corrected chi connectivity index (χ0v) is 17.6. The number of ether oxygens (including phenoxy) is 2. The number of nitrogens with zero attached hydrogens (tertiary/aromatic N) is 6. The van der Waals surface area contributed by atoms with Gasteiger partial charge in [-0.25, -0.2) is 9.97 Å². The van der Waals surface area contributed by atoms with E-state index in [-0.39, 0.29) is 0 Å².